The highest BCUT2D eigenvalue weighted by molar-refractivity contribution is 6.33. The average molecular weight is 309 g/mol. The zero-order valence-electron chi connectivity index (χ0n) is 12.0. The molecule has 0 fully saturated rings. The van der Waals surface area contributed by atoms with Gasteiger partial charge in [0.15, 0.2) is 0 Å². The number of hydrogen-bond donors (Lipinski definition) is 3. The number of H-pyrrole nitrogens is 1. The van der Waals surface area contributed by atoms with Crippen LogP contribution in [-0.4, -0.2) is 21.9 Å². The molecular formula is C14H17ClN4O2. The standard InChI is InChI=1S/C14H17ClN4O2/c1-14(2,3)21-13(20)18-8-4-5-9(10(15)6-8)12-11(16)7-17-19-12/h4-7H,16H2,1-3H3,(H,17,19)(H,18,20). The number of nitrogens with two attached hydrogens (primary N) is 1. The number of rotatable bonds is 2. The fourth-order valence-corrected chi connectivity index (χ4v) is 2.00. The van der Waals surface area contributed by atoms with Crippen molar-refractivity contribution in [2.45, 2.75) is 26.4 Å². The Labute approximate surface area is 127 Å². The Morgan fingerprint density at radius 3 is 2.67 bits per heavy atom. The highest BCUT2D eigenvalue weighted by Crippen LogP contribution is 2.32. The van der Waals surface area contributed by atoms with Crippen LogP contribution >= 0.6 is 11.6 Å². The van der Waals surface area contributed by atoms with Crippen molar-refractivity contribution in [1.82, 2.24) is 10.2 Å². The van der Waals surface area contributed by atoms with E-state index < -0.39 is 11.7 Å². The Bertz CT molecular complexity index is 661. The Balaban J connectivity index is 2.17. The molecule has 0 atom stereocenters. The number of carbonyl (C=O) groups excluding carboxylic acids is 1. The second kappa shape index (κ2) is 5.65. The summed E-state index contributed by atoms with van der Waals surface area (Å²) in [5.41, 5.74) is 7.62. The van der Waals surface area contributed by atoms with E-state index in [1.807, 2.05) is 0 Å². The minimum atomic E-state index is -0.557. The van der Waals surface area contributed by atoms with Crippen LogP contribution in [-0.2, 0) is 4.74 Å². The molecule has 0 aliphatic heterocycles. The lowest BCUT2D eigenvalue weighted by Crippen LogP contribution is -2.27. The van der Waals surface area contributed by atoms with Crippen molar-refractivity contribution in [2.75, 3.05) is 11.1 Å². The first-order chi connectivity index (χ1) is 9.76. The van der Waals surface area contributed by atoms with Gasteiger partial charge in [-0.15, -0.1) is 0 Å². The molecule has 0 aliphatic rings. The van der Waals surface area contributed by atoms with Crippen LogP contribution in [0.4, 0.5) is 16.2 Å². The topological polar surface area (TPSA) is 93.0 Å². The Hall–Kier alpha value is -2.21. The normalized spacial score (nSPS) is 11.2. The van der Waals surface area contributed by atoms with Crippen LogP contribution in [0.5, 0.6) is 0 Å². The van der Waals surface area contributed by atoms with Gasteiger partial charge in [-0.25, -0.2) is 4.79 Å². The average Bonchev–Trinajstić information content (AvgIpc) is 2.73. The largest absolute Gasteiger partial charge is 0.444 e. The Morgan fingerprint density at radius 1 is 1.43 bits per heavy atom. The van der Waals surface area contributed by atoms with Crippen molar-refractivity contribution >= 4 is 29.1 Å². The van der Waals surface area contributed by atoms with Crippen molar-refractivity contribution < 1.29 is 9.53 Å². The zero-order valence-corrected chi connectivity index (χ0v) is 12.8. The van der Waals surface area contributed by atoms with Crippen molar-refractivity contribution in [2.24, 2.45) is 0 Å². The minimum Gasteiger partial charge on any atom is -0.444 e. The SMILES string of the molecule is CC(C)(C)OC(=O)Nc1ccc(-c2[nH]ncc2N)c(Cl)c1. The third kappa shape index (κ3) is 3.88. The molecule has 112 valence electrons. The van der Waals surface area contributed by atoms with E-state index in [9.17, 15) is 4.79 Å². The summed E-state index contributed by atoms with van der Waals surface area (Å²) in [4.78, 5) is 11.7. The van der Waals surface area contributed by atoms with Gasteiger partial charge >= 0.3 is 6.09 Å². The predicted molar refractivity (Wildman–Crippen MR) is 83.3 cm³/mol. The number of ether oxygens (including phenoxy) is 1. The fourth-order valence-electron chi connectivity index (χ4n) is 1.73. The molecule has 4 N–H and O–H groups in total. The second-order valence-corrected chi connectivity index (χ2v) is 5.93. The van der Waals surface area contributed by atoms with Crippen LogP contribution in [0.2, 0.25) is 5.02 Å². The van der Waals surface area contributed by atoms with E-state index in [4.69, 9.17) is 22.1 Å². The third-order valence-corrected chi connectivity index (χ3v) is 2.87. The summed E-state index contributed by atoms with van der Waals surface area (Å²) in [5, 5.41) is 9.70. The number of nitrogens with one attached hydrogen (secondary N) is 2. The lowest BCUT2D eigenvalue weighted by molar-refractivity contribution is 0.0636. The van der Waals surface area contributed by atoms with Gasteiger partial charge in [0.2, 0.25) is 0 Å². The summed E-state index contributed by atoms with van der Waals surface area (Å²) >= 11 is 6.21. The van der Waals surface area contributed by atoms with E-state index >= 15 is 0 Å². The van der Waals surface area contributed by atoms with E-state index in [1.54, 1.807) is 39.0 Å². The monoisotopic (exact) mass is 308 g/mol. The number of anilines is 2. The van der Waals surface area contributed by atoms with E-state index in [0.717, 1.165) is 0 Å². The van der Waals surface area contributed by atoms with E-state index in [2.05, 4.69) is 15.5 Å². The van der Waals surface area contributed by atoms with Gasteiger partial charge in [-0.05, 0) is 39.0 Å². The molecule has 0 saturated carbocycles. The highest BCUT2D eigenvalue weighted by Gasteiger charge is 2.17. The number of hydrogen-bond acceptors (Lipinski definition) is 4. The predicted octanol–water partition coefficient (Wildman–Crippen LogP) is 3.66. The first-order valence-corrected chi connectivity index (χ1v) is 6.73. The lowest BCUT2D eigenvalue weighted by Gasteiger charge is -2.19. The molecule has 7 heteroatoms. The van der Waals surface area contributed by atoms with Crippen LogP contribution in [0.1, 0.15) is 20.8 Å². The van der Waals surface area contributed by atoms with E-state index in [-0.39, 0.29) is 0 Å². The summed E-state index contributed by atoms with van der Waals surface area (Å²) in [5.74, 6) is 0. The van der Waals surface area contributed by atoms with Gasteiger partial charge in [-0.3, -0.25) is 10.4 Å². The number of amides is 1. The summed E-state index contributed by atoms with van der Waals surface area (Å²) in [6.07, 6.45) is 0.978. The molecule has 2 rings (SSSR count). The van der Waals surface area contributed by atoms with Crippen molar-refractivity contribution in [3.63, 3.8) is 0 Å². The number of nitrogens with zero attached hydrogens (tertiary/aromatic N) is 1. The molecule has 0 aliphatic carbocycles. The number of benzene rings is 1. The molecule has 1 amide bonds. The molecule has 0 radical (unpaired) electrons. The first-order valence-electron chi connectivity index (χ1n) is 6.35. The van der Waals surface area contributed by atoms with Gasteiger partial charge in [0, 0.05) is 11.3 Å². The van der Waals surface area contributed by atoms with Crippen LogP contribution in [0, 0.1) is 0 Å². The smallest absolute Gasteiger partial charge is 0.412 e. The van der Waals surface area contributed by atoms with Crippen molar-refractivity contribution in [1.29, 1.82) is 0 Å². The highest BCUT2D eigenvalue weighted by atomic mass is 35.5. The number of halogens is 1. The molecule has 1 aromatic carbocycles. The summed E-state index contributed by atoms with van der Waals surface area (Å²) < 4.78 is 5.17. The maximum Gasteiger partial charge on any atom is 0.412 e. The van der Waals surface area contributed by atoms with Crippen LogP contribution in [0.15, 0.2) is 24.4 Å². The quantitative estimate of drug-likeness (QED) is 0.789. The maximum atomic E-state index is 11.7. The van der Waals surface area contributed by atoms with Gasteiger partial charge in [0.1, 0.15) is 5.60 Å². The van der Waals surface area contributed by atoms with Gasteiger partial charge in [-0.2, -0.15) is 5.10 Å². The van der Waals surface area contributed by atoms with Gasteiger partial charge in [0.05, 0.1) is 22.6 Å². The number of aromatic nitrogens is 2. The summed E-state index contributed by atoms with van der Waals surface area (Å²) in [7, 11) is 0. The van der Waals surface area contributed by atoms with Gasteiger partial charge in [0.25, 0.3) is 0 Å². The van der Waals surface area contributed by atoms with Crippen LogP contribution in [0.25, 0.3) is 11.3 Å². The van der Waals surface area contributed by atoms with Gasteiger partial charge in [-0.1, -0.05) is 11.6 Å². The lowest BCUT2D eigenvalue weighted by atomic mass is 10.1. The third-order valence-electron chi connectivity index (χ3n) is 2.55. The molecule has 0 bridgehead atoms. The zero-order chi connectivity index (χ0) is 15.6. The molecule has 21 heavy (non-hydrogen) atoms. The molecule has 0 spiro atoms. The van der Waals surface area contributed by atoms with Gasteiger partial charge < -0.3 is 10.5 Å². The van der Waals surface area contributed by atoms with Crippen LogP contribution in [0.3, 0.4) is 0 Å². The van der Waals surface area contributed by atoms with E-state index in [1.165, 1.54) is 6.20 Å². The second-order valence-electron chi connectivity index (χ2n) is 5.52. The Kier molecular flexibility index (Phi) is 4.09. The van der Waals surface area contributed by atoms with Crippen molar-refractivity contribution in [3.05, 3.63) is 29.4 Å². The fraction of sp³-hybridized carbons (Fsp3) is 0.286. The number of carbonyl (C=O) groups is 1. The molecular weight excluding hydrogens is 292 g/mol. The maximum absolute atomic E-state index is 11.7. The minimum absolute atomic E-state index is 0.444. The Morgan fingerprint density at radius 2 is 2.14 bits per heavy atom. The molecule has 0 unspecified atom stereocenters. The first kappa shape index (κ1) is 15.2. The van der Waals surface area contributed by atoms with E-state index in [0.29, 0.717) is 27.7 Å². The number of aromatic amines is 1. The summed E-state index contributed by atoms with van der Waals surface area (Å²) in [6.45, 7) is 5.39. The number of nitrogen functional groups attached to an aromatic ring is 1. The molecule has 6 nitrogen and oxygen atoms in total. The molecule has 2 aromatic rings. The van der Waals surface area contributed by atoms with Crippen molar-refractivity contribution in [3.8, 4) is 11.3 Å². The summed E-state index contributed by atoms with van der Waals surface area (Å²) in [6, 6.07) is 5.09. The molecule has 1 aromatic heterocycles. The molecule has 0 saturated heterocycles. The van der Waals surface area contributed by atoms with Crippen LogP contribution < -0.4 is 11.1 Å². The molecule has 1 heterocycles.